The van der Waals surface area contributed by atoms with Crippen molar-refractivity contribution in [1.82, 2.24) is 4.90 Å². The van der Waals surface area contributed by atoms with Crippen molar-refractivity contribution in [2.75, 3.05) is 18.6 Å². The van der Waals surface area contributed by atoms with Gasteiger partial charge in [-0.05, 0) is 70.4 Å². The summed E-state index contributed by atoms with van der Waals surface area (Å²) < 4.78 is 0. The van der Waals surface area contributed by atoms with Gasteiger partial charge in [-0.2, -0.15) is 11.8 Å². The predicted molar refractivity (Wildman–Crippen MR) is 87.6 cm³/mol. The molecule has 1 rings (SSSR count). The average Bonchev–Trinajstić information content (AvgIpc) is 2.40. The monoisotopic (exact) mass is 273 g/mol. The van der Waals surface area contributed by atoms with Crippen LogP contribution in [0.1, 0.15) is 66.7 Å². The van der Waals surface area contributed by atoms with Gasteiger partial charge in [-0.3, -0.25) is 4.90 Å². The maximum Gasteiger partial charge on any atom is 0.00980 e. The fourth-order valence-corrected chi connectivity index (χ4v) is 3.66. The van der Waals surface area contributed by atoms with E-state index in [0.29, 0.717) is 0 Å². The Morgan fingerprint density at radius 2 is 1.67 bits per heavy atom. The first-order valence-corrected chi connectivity index (χ1v) is 9.33. The molecule has 0 aromatic rings. The summed E-state index contributed by atoms with van der Waals surface area (Å²) in [5.41, 5.74) is 0. The van der Waals surface area contributed by atoms with E-state index < -0.39 is 0 Å². The second-order valence-corrected chi connectivity index (χ2v) is 6.37. The normalized spacial score (nSPS) is 24.0. The molecule has 2 heteroatoms. The van der Waals surface area contributed by atoms with E-state index in [2.05, 4.69) is 31.9 Å². The van der Waals surface area contributed by atoms with Gasteiger partial charge < -0.3 is 0 Å². The van der Waals surface area contributed by atoms with Crippen LogP contribution in [0.5, 0.6) is 0 Å². The van der Waals surface area contributed by atoms with Gasteiger partial charge in [0.15, 0.2) is 0 Å². The zero-order valence-corrected chi connectivity index (χ0v) is 14.4. The maximum atomic E-state index is 2.69. The van der Waals surface area contributed by atoms with Crippen molar-refractivity contribution in [3.05, 3.63) is 0 Å². The van der Waals surface area contributed by atoms with E-state index in [4.69, 9.17) is 0 Å². The molecule has 0 saturated heterocycles. The first kappa shape index (κ1) is 18.3. The first-order chi connectivity index (χ1) is 8.69. The second-order valence-electron chi connectivity index (χ2n) is 5.38. The van der Waals surface area contributed by atoms with Gasteiger partial charge in [0, 0.05) is 12.1 Å². The number of thioether (sulfide) groups is 1. The molecule has 0 spiro atoms. The van der Waals surface area contributed by atoms with Crippen LogP contribution in [-0.4, -0.2) is 35.5 Å². The number of hydrogen-bond acceptors (Lipinski definition) is 2. The molecule has 0 radical (unpaired) electrons. The summed E-state index contributed by atoms with van der Waals surface area (Å²) in [5.74, 6) is 2.38. The van der Waals surface area contributed by atoms with Crippen LogP contribution in [0.2, 0.25) is 0 Å². The molecule has 0 aromatic carbocycles. The van der Waals surface area contributed by atoms with Crippen molar-refractivity contribution in [3.63, 3.8) is 0 Å². The lowest BCUT2D eigenvalue weighted by molar-refractivity contribution is 0.111. The fourth-order valence-electron chi connectivity index (χ4n) is 3.09. The van der Waals surface area contributed by atoms with Gasteiger partial charge >= 0.3 is 0 Å². The molecule has 0 bridgehead atoms. The maximum absolute atomic E-state index is 2.69. The lowest BCUT2D eigenvalue weighted by Crippen LogP contribution is -2.42. The highest BCUT2D eigenvalue weighted by molar-refractivity contribution is 7.98. The van der Waals surface area contributed by atoms with Crippen LogP contribution in [0.25, 0.3) is 0 Å². The highest BCUT2D eigenvalue weighted by Crippen LogP contribution is 2.31. The molecule has 1 saturated carbocycles. The Morgan fingerprint density at radius 3 is 2.06 bits per heavy atom. The Hall–Kier alpha value is 0.310. The van der Waals surface area contributed by atoms with Crippen LogP contribution in [0.4, 0.5) is 0 Å². The summed E-state index contributed by atoms with van der Waals surface area (Å²) in [4.78, 5) is 2.69. The molecule has 0 heterocycles. The van der Waals surface area contributed by atoms with Crippen molar-refractivity contribution in [3.8, 4) is 0 Å². The molecular formula is C16H35NS. The summed E-state index contributed by atoms with van der Waals surface area (Å²) in [6.07, 6.45) is 9.48. The van der Waals surface area contributed by atoms with E-state index >= 15 is 0 Å². The van der Waals surface area contributed by atoms with Gasteiger partial charge in [-0.15, -0.1) is 0 Å². The van der Waals surface area contributed by atoms with E-state index in [1.54, 1.807) is 0 Å². The molecule has 1 nitrogen and oxygen atoms in total. The molecule has 0 atom stereocenters. The number of nitrogens with zero attached hydrogens (tertiary/aromatic N) is 1. The number of hydrogen-bond donors (Lipinski definition) is 0. The summed E-state index contributed by atoms with van der Waals surface area (Å²) in [6.45, 7) is 12.2. The summed E-state index contributed by atoms with van der Waals surface area (Å²) in [6, 6.07) is 1.59. The molecule has 110 valence electrons. The largest absolute Gasteiger partial charge is 0.298 e. The van der Waals surface area contributed by atoms with Crippen LogP contribution in [-0.2, 0) is 0 Å². The zero-order valence-electron chi connectivity index (χ0n) is 13.5. The van der Waals surface area contributed by atoms with Gasteiger partial charge in [0.2, 0.25) is 0 Å². The third-order valence-electron chi connectivity index (χ3n) is 4.04. The smallest absolute Gasteiger partial charge is 0.00980 e. The van der Waals surface area contributed by atoms with Crippen LogP contribution in [0, 0.1) is 5.92 Å². The molecule has 18 heavy (non-hydrogen) atoms. The van der Waals surface area contributed by atoms with Gasteiger partial charge in [0.25, 0.3) is 0 Å². The first-order valence-electron chi connectivity index (χ1n) is 7.93. The summed E-state index contributed by atoms with van der Waals surface area (Å²) >= 11 is 2.00. The SMILES string of the molecule is CC.CCN(C(C)C)C1CCC(CCSC)CC1. The van der Waals surface area contributed by atoms with Crippen molar-refractivity contribution in [1.29, 1.82) is 0 Å². The topological polar surface area (TPSA) is 3.24 Å². The Kier molecular flexibility index (Phi) is 11.4. The molecule has 0 unspecified atom stereocenters. The van der Waals surface area contributed by atoms with Gasteiger partial charge in [-0.25, -0.2) is 0 Å². The minimum absolute atomic E-state index is 0.720. The van der Waals surface area contributed by atoms with Gasteiger partial charge in [0.1, 0.15) is 0 Å². The van der Waals surface area contributed by atoms with Gasteiger partial charge in [-0.1, -0.05) is 20.8 Å². The second kappa shape index (κ2) is 11.2. The van der Waals surface area contributed by atoms with E-state index in [1.807, 2.05) is 25.6 Å². The van der Waals surface area contributed by atoms with Crippen LogP contribution in [0.3, 0.4) is 0 Å². The number of rotatable bonds is 6. The summed E-state index contributed by atoms with van der Waals surface area (Å²) in [7, 11) is 0. The molecule has 0 aromatic heterocycles. The van der Waals surface area contributed by atoms with Crippen molar-refractivity contribution >= 4 is 11.8 Å². The van der Waals surface area contributed by atoms with Crippen molar-refractivity contribution in [2.45, 2.75) is 78.8 Å². The third-order valence-corrected chi connectivity index (χ3v) is 4.69. The van der Waals surface area contributed by atoms with E-state index in [9.17, 15) is 0 Å². The predicted octanol–water partition coefficient (Wildman–Crippen LogP) is 5.05. The third kappa shape index (κ3) is 6.47. The lowest BCUT2D eigenvalue weighted by Gasteiger charge is -2.38. The van der Waals surface area contributed by atoms with Crippen LogP contribution < -0.4 is 0 Å². The molecule has 0 aliphatic heterocycles. The van der Waals surface area contributed by atoms with Crippen LogP contribution >= 0.6 is 11.8 Å². The Labute approximate surface area is 120 Å². The minimum atomic E-state index is 0.720. The standard InChI is InChI=1S/C14H29NS.C2H6/c1-5-15(12(2)3)14-8-6-13(7-9-14)10-11-16-4;1-2/h12-14H,5-11H2,1-4H3;1-2H3. The van der Waals surface area contributed by atoms with Crippen molar-refractivity contribution < 1.29 is 0 Å². The average molecular weight is 274 g/mol. The lowest BCUT2D eigenvalue weighted by atomic mass is 9.83. The van der Waals surface area contributed by atoms with Crippen molar-refractivity contribution in [2.24, 2.45) is 5.92 Å². The Balaban J connectivity index is 0.00000137. The molecular weight excluding hydrogens is 238 g/mol. The quantitative estimate of drug-likeness (QED) is 0.666. The highest BCUT2D eigenvalue weighted by atomic mass is 32.2. The molecule has 1 aliphatic rings. The molecule has 1 aliphatic carbocycles. The van der Waals surface area contributed by atoms with E-state index in [-0.39, 0.29) is 0 Å². The van der Waals surface area contributed by atoms with Gasteiger partial charge in [0.05, 0.1) is 0 Å². The highest BCUT2D eigenvalue weighted by Gasteiger charge is 2.25. The zero-order chi connectivity index (χ0) is 14.0. The van der Waals surface area contributed by atoms with Crippen LogP contribution in [0.15, 0.2) is 0 Å². The summed E-state index contributed by atoms with van der Waals surface area (Å²) in [5, 5.41) is 0. The van der Waals surface area contributed by atoms with E-state index in [0.717, 1.165) is 18.0 Å². The Bertz CT molecular complexity index is 174. The molecule has 0 N–H and O–H groups in total. The molecule has 0 amide bonds. The fraction of sp³-hybridized carbons (Fsp3) is 1.00. The molecule has 1 fully saturated rings. The Morgan fingerprint density at radius 1 is 1.11 bits per heavy atom. The minimum Gasteiger partial charge on any atom is -0.298 e. The van der Waals surface area contributed by atoms with E-state index in [1.165, 1.54) is 44.4 Å².